The summed E-state index contributed by atoms with van der Waals surface area (Å²) in [5.74, 6) is 1.44. The first kappa shape index (κ1) is 16.9. The van der Waals surface area contributed by atoms with E-state index in [0.29, 0.717) is 29.2 Å². The van der Waals surface area contributed by atoms with Gasteiger partial charge in [-0.15, -0.1) is 0 Å². The zero-order valence-electron chi connectivity index (χ0n) is 14.9. The fourth-order valence-electron chi connectivity index (χ4n) is 3.14. The first-order valence-corrected chi connectivity index (χ1v) is 8.84. The minimum atomic E-state index is -0.335. The lowest BCUT2D eigenvalue weighted by atomic mass is 10.0. The molecule has 0 N–H and O–H groups in total. The molecule has 2 aromatic rings. The molecule has 4 nitrogen and oxygen atoms in total. The molecule has 0 spiro atoms. The average molecular weight is 356 g/mol. The summed E-state index contributed by atoms with van der Waals surface area (Å²) in [6.45, 7) is 4.17. The number of esters is 1. The van der Waals surface area contributed by atoms with E-state index in [1.807, 2.05) is 13.8 Å². The summed E-state index contributed by atoms with van der Waals surface area (Å²) in [5, 5.41) is 0. The first-order valence-electron chi connectivity index (χ1n) is 8.84. The lowest BCUT2D eigenvalue weighted by Gasteiger charge is -2.18. The Balaban J connectivity index is 1.42. The molecule has 4 rings (SSSR count). The summed E-state index contributed by atoms with van der Waals surface area (Å²) in [5.41, 5.74) is 1.23. The largest absolute Gasteiger partial charge is 0.489 e. The third-order valence-corrected chi connectivity index (χ3v) is 4.55. The molecule has 0 amide bonds. The molecule has 0 aromatic heterocycles. The van der Waals surface area contributed by atoms with Crippen molar-refractivity contribution < 1.29 is 23.4 Å². The maximum atomic E-state index is 13.9. The van der Waals surface area contributed by atoms with Crippen LogP contribution in [0.25, 0.3) is 0 Å². The number of benzene rings is 2. The van der Waals surface area contributed by atoms with Crippen molar-refractivity contribution in [1.82, 2.24) is 0 Å². The summed E-state index contributed by atoms with van der Waals surface area (Å²) < 4.78 is 30.9. The molecule has 0 radical (unpaired) electrons. The van der Waals surface area contributed by atoms with Crippen LogP contribution in [0.2, 0.25) is 0 Å². The summed E-state index contributed by atoms with van der Waals surface area (Å²) in [4.78, 5) is 11.7. The zero-order chi connectivity index (χ0) is 18.3. The van der Waals surface area contributed by atoms with Gasteiger partial charge in [-0.1, -0.05) is 0 Å². The van der Waals surface area contributed by atoms with Crippen molar-refractivity contribution in [3.05, 3.63) is 53.3 Å². The maximum Gasteiger partial charge on any atom is 0.314 e. The number of hydrogen-bond acceptors (Lipinski definition) is 4. The van der Waals surface area contributed by atoms with Crippen LogP contribution in [0, 0.1) is 11.7 Å². The van der Waals surface area contributed by atoms with Crippen LogP contribution in [-0.4, -0.2) is 11.6 Å². The molecule has 2 aromatic carbocycles. The van der Waals surface area contributed by atoms with E-state index in [0.717, 1.165) is 18.4 Å². The number of carbonyl (C=O) groups excluding carboxylic acids is 1. The van der Waals surface area contributed by atoms with Crippen LogP contribution < -0.4 is 14.2 Å². The molecule has 1 aliphatic heterocycles. The number of ether oxygens (including phenoxy) is 3. The van der Waals surface area contributed by atoms with E-state index in [2.05, 4.69) is 0 Å². The highest BCUT2D eigenvalue weighted by atomic mass is 19.1. The molecule has 1 saturated carbocycles. The molecule has 0 bridgehead atoms. The Hall–Kier alpha value is -2.56. The smallest absolute Gasteiger partial charge is 0.314 e. The number of rotatable bonds is 5. The normalized spacial score (nSPS) is 17.3. The van der Waals surface area contributed by atoms with E-state index in [-0.39, 0.29) is 29.9 Å². The third kappa shape index (κ3) is 3.66. The number of fused-ring (bicyclic) bond motifs is 1. The van der Waals surface area contributed by atoms with Crippen molar-refractivity contribution in [2.24, 2.45) is 5.92 Å². The molecular formula is C21H21FO4. The van der Waals surface area contributed by atoms with Gasteiger partial charge in [-0.25, -0.2) is 4.39 Å². The minimum Gasteiger partial charge on any atom is -0.489 e. The molecule has 136 valence electrons. The number of hydrogen-bond donors (Lipinski definition) is 0. The Morgan fingerprint density at radius 1 is 1.19 bits per heavy atom. The Labute approximate surface area is 151 Å². The highest BCUT2D eigenvalue weighted by molar-refractivity contribution is 5.77. The van der Waals surface area contributed by atoms with Crippen LogP contribution in [-0.2, 0) is 17.8 Å². The molecule has 5 heteroatoms. The van der Waals surface area contributed by atoms with E-state index in [1.165, 1.54) is 12.1 Å². The van der Waals surface area contributed by atoms with Gasteiger partial charge in [-0.05, 0) is 63.1 Å². The van der Waals surface area contributed by atoms with Crippen molar-refractivity contribution in [2.75, 3.05) is 0 Å². The van der Waals surface area contributed by atoms with E-state index >= 15 is 0 Å². The topological polar surface area (TPSA) is 44.8 Å². The van der Waals surface area contributed by atoms with Crippen LogP contribution >= 0.6 is 0 Å². The van der Waals surface area contributed by atoms with E-state index in [1.54, 1.807) is 24.3 Å². The van der Waals surface area contributed by atoms with Crippen LogP contribution in [0.4, 0.5) is 4.39 Å². The van der Waals surface area contributed by atoms with Crippen LogP contribution in [0.5, 0.6) is 17.2 Å². The van der Waals surface area contributed by atoms with Crippen molar-refractivity contribution in [3.8, 4) is 17.2 Å². The van der Waals surface area contributed by atoms with Gasteiger partial charge in [-0.2, -0.15) is 0 Å². The first-order chi connectivity index (χ1) is 12.4. The molecule has 1 fully saturated rings. The SMILES string of the molecule is CC1(C)Cc2cc(F)cc(COc3ccc(OC(=O)C4CC4)cc3)c2O1. The van der Waals surface area contributed by atoms with Gasteiger partial charge in [0.2, 0.25) is 0 Å². The molecule has 1 heterocycles. The fourth-order valence-corrected chi connectivity index (χ4v) is 3.14. The molecule has 1 aliphatic carbocycles. The van der Waals surface area contributed by atoms with Crippen molar-refractivity contribution in [1.29, 1.82) is 0 Å². The van der Waals surface area contributed by atoms with E-state index < -0.39 is 0 Å². The lowest BCUT2D eigenvalue weighted by Crippen LogP contribution is -2.25. The Morgan fingerprint density at radius 2 is 1.88 bits per heavy atom. The maximum absolute atomic E-state index is 13.9. The van der Waals surface area contributed by atoms with Crippen molar-refractivity contribution >= 4 is 5.97 Å². The standard InChI is InChI=1S/C21H21FO4/c1-21(2)11-14-9-16(22)10-15(19(14)26-21)12-24-17-5-7-18(8-6-17)25-20(23)13-3-4-13/h5-10,13H,3-4,11-12H2,1-2H3. The number of carbonyl (C=O) groups is 1. The monoisotopic (exact) mass is 356 g/mol. The molecule has 0 atom stereocenters. The molecule has 0 unspecified atom stereocenters. The molecule has 26 heavy (non-hydrogen) atoms. The second-order valence-corrected chi connectivity index (χ2v) is 7.55. The van der Waals surface area contributed by atoms with Gasteiger partial charge >= 0.3 is 5.97 Å². The second kappa shape index (κ2) is 6.31. The molecule has 0 saturated heterocycles. The quantitative estimate of drug-likeness (QED) is 0.587. The summed E-state index contributed by atoms with van der Waals surface area (Å²) in [6.07, 6.45) is 2.50. The highest BCUT2D eigenvalue weighted by Crippen LogP contribution is 2.39. The van der Waals surface area contributed by atoms with E-state index in [9.17, 15) is 9.18 Å². The van der Waals surface area contributed by atoms with Gasteiger partial charge in [0.1, 0.15) is 35.3 Å². The van der Waals surface area contributed by atoms with Crippen molar-refractivity contribution in [3.63, 3.8) is 0 Å². The predicted octanol–water partition coefficient (Wildman–Crippen LogP) is 4.43. The summed E-state index contributed by atoms with van der Waals surface area (Å²) in [6, 6.07) is 9.85. The minimum absolute atomic E-state index is 0.0604. The van der Waals surface area contributed by atoms with Gasteiger partial charge in [0, 0.05) is 17.5 Å². The summed E-state index contributed by atoms with van der Waals surface area (Å²) in [7, 11) is 0. The van der Waals surface area contributed by atoms with Gasteiger partial charge in [0.25, 0.3) is 0 Å². The number of halogens is 1. The van der Waals surface area contributed by atoms with Gasteiger partial charge in [0.15, 0.2) is 0 Å². The van der Waals surface area contributed by atoms with Crippen molar-refractivity contribution in [2.45, 2.75) is 45.3 Å². The molecule has 2 aliphatic rings. The Bertz CT molecular complexity index is 838. The van der Waals surface area contributed by atoms with E-state index in [4.69, 9.17) is 14.2 Å². The van der Waals surface area contributed by atoms with Crippen LogP contribution in [0.1, 0.15) is 37.8 Å². The third-order valence-electron chi connectivity index (χ3n) is 4.55. The van der Waals surface area contributed by atoms with Crippen LogP contribution in [0.15, 0.2) is 36.4 Å². The lowest BCUT2D eigenvalue weighted by molar-refractivity contribution is -0.135. The second-order valence-electron chi connectivity index (χ2n) is 7.55. The van der Waals surface area contributed by atoms with Gasteiger partial charge in [0.05, 0.1) is 5.92 Å². The molecular weight excluding hydrogens is 335 g/mol. The Morgan fingerprint density at radius 3 is 2.58 bits per heavy atom. The Kier molecular flexibility index (Phi) is 4.10. The van der Waals surface area contributed by atoms with Crippen LogP contribution in [0.3, 0.4) is 0 Å². The fraction of sp³-hybridized carbons (Fsp3) is 0.381. The predicted molar refractivity (Wildman–Crippen MR) is 93.9 cm³/mol. The zero-order valence-corrected chi connectivity index (χ0v) is 14.9. The highest BCUT2D eigenvalue weighted by Gasteiger charge is 2.33. The summed E-state index contributed by atoms with van der Waals surface area (Å²) >= 11 is 0. The average Bonchev–Trinajstić information content (AvgIpc) is 3.37. The van der Waals surface area contributed by atoms with Gasteiger partial charge < -0.3 is 14.2 Å². The van der Waals surface area contributed by atoms with Gasteiger partial charge in [-0.3, -0.25) is 4.79 Å².